The van der Waals surface area contributed by atoms with Gasteiger partial charge in [-0.25, -0.2) is 4.18 Å². The molecule has 0 spiro atoms. The van der Waals surface area contributed by atoms with Gasteiger partial charge in [-0.15, -0.1) is 0 Å². The maximum Gasteiger partial charge on any atom is 0.397 e. The van der Waals surface area contributed by atoms with Crippen molar-refractivity contribution in [2.45, 2.75) is 242 Å². The predicted molar refractivity (Wildman–Crippen MR) is 276 cm³/mol. The van der Waals surface area contributed by atoms with Crippen LogP contribution in [0.3, 0.4) is 0 Å². The Kier molecular flexibility index (Phi) is 26.2. The van der Waals surface area contributed by atoms with E-state index in [1.165, 1.54) is 6.92 Å². The van der Waals surface area contributed by atoms with Gasteiger partial charge in [0.05, 0.1) is 45.7 Å². The standard InChI is InChI=1S/C48H81N3O38S/c1-11-24(59)31(66)35(70)46(78-11)87-39-23(51-14(4)58)44(83-20(27(39)62)10-77-90(73,74)75)89-41-33(68)26(61)16(6-53)81-48(41)88-40-28(63)19(9-76-45-34(69)32(67)25(60)15(5-52)80-45)84-47(36(40)71)86-38-18(8-55)82-43(22(30(38)65)50-13(3)57)85-37-17(7-54)79-42(72)21(29(37)64)49-12(2)56/h11,15-48,52-55,59-72H,5-10H2,1-4H3,(H,49,56)(H,50,57)(H,51,58)(H,73,74,75)/t11-,15+,16+,17+,18+,19+,20+,21+,22+,23+,24+,25+,26+,27+,28+,29+,30+,31+,32-,33-,34-,35-,36-,37+,38+,39+,40-,41-,42+,43-,44-,45-,46-,47-,48+/m0/s1. The normalized spacial score (nSPS) is 47.9. The van der Waals surface area contributed by atoms with Gasteiger partial charge in [-0.1, -0.05) is 0 Å². The van der Waals surface area contributed by atoms with Crippen molar-refractivity contribution < 1.29 is 185 Å². The van der Waals surface area contributed by atoms with Crippen molar-refractivity contribution in [2.24, 2.45) is 0 Å². The first-order chi connectivity index (χ1) is 42.2. The lowest BCUT2D eigenvalue weighted by Crippen LogP contribution is -2.71. The van der Waals surface area contributed by atoms with Gasteiger partial charge < -0.3 is 169 Å². The highest BCUT2D eigenvalue weighted by atomic mass is 32.3. The zero-order valence-corrected chi connectivity index (χ0v) is 48.9. The number of ether oxygens (including phenoxy) is 13. The minimum Gasteiger partial charge on any atom is -0.394 e. The lowest BCUT2D eigenvalue weighted by Gasteiger charge is -2.51. The first-order valence-corrected chi connectivity index (χ1v) is 29.5. The number of hydrogen-bond acceptors (Lipinski definition) is 37. The van der Waals surface area contributed by atoms with Crippen molar-refractivity contribution in [1.29, 1.82) is 0 Å². The van der Waals surface area contributed by atoms with Crippen LogP contribution in [-0.2, 0) is 90.5 Å². The summed E-state index contributed by atoms with van der Waals surface area (Å²) in [5.74, 6) is -2.63. The molecule has 0 aliphatic carbocycles. The molecular formula is C48H81N3O38S. The fourth-order valence-electron chi connectivity index (χ4n) is 11.2. The number of aliphatic hydroxyl groups excluding tert-OH is 18. The second-order valence-corrected chi connectivity index (χ2v) is 23.4. The molecule has 42 heteroatoms. The van der Waals surface area contributed by atoms with Gasteiger partial charge in [-0.05, 0) is 6.92 Å². The first-order valence-electron chi connectivity index (χ1n) is 28.1. The largest absolute Gasteiger partial charge is 0.397 e. The van der Waals surface area contributed by atoms with E-state index in [1.807, 2.05) is 0 Å². The molecule has 90 heavy (non-hydrogen) atoms. The molecule has 7 aliphatic rings. The Bertz CT molecular complexity index is 2430. The minimum absolute atomic E-state index is 0.756. The molecule has 522 valence electrons. The van der Waals surface area contributed by atoms with E-state index in [-0.39, 0.29) is 0 Å². The van der Waals surface area contributed by atoms with Crippen LogP contribution in [-0.4, -0.2) is 377 Å². The third-order valence-corrected chi connectivity index (χ3v) is 16.3. The Morgan fingerprint density at radius 2 is 0.767 bits per heavy atom. The number of rotatable bonds is 23. The summed E-state index contributed by atoms with van der Waals surface area (Å²) < 4.78 is 113. The quantitative estimate of drug-likeness (QED) is 0.0422. The molecule has 0 saturated carbocycles. The Labute approximate surface area is 510 Å². The van der Waals surface area contributed by atoms with Gasteiger partial charge in [0, 0.05) is 20.8 Å². The minimum atomic E-state index is -5.36. The highest BCUT2D eigenvalue weighted by Crippen LogP contribution is 2.38. The molecule has 7 rings (SSSR count). The van der Waals surface area contributed by atoms with Crippen LogP contribution in [0.2, 0.25) is 0 Å². The molecule has 0 aromatic heterocycles. The summed E-state index contributed by atoms with van der Waals surface area (Å²) in [4.78, 5) is 37.7. The lowest BCUT2D eigenvalue weighted by molar-refractivity contribution is -0.397. The molecule has 0 radical (unpaired) electrons. The number of aliphatic hydroxyl groups is 18. The van der Waals surface area contributed by atoms with E-state index in [0.29, 0.717) is 0 Å². The van der Waals surface area contributed by atoms with E-state index >= 15 is 0 Å². The second kappa shape index (κ2) is 31.7. The number of carbonyl (C=O) groups excluding carboxylic acids is 3. The van der Waals surface area contributed by atoms with E-state index < -0.39 is 283 Å². The average molecular weight is 1340 g/mol. The summed E-state index contributed by atoms with van der Waals surface area (Å²) in [6.07, 6.45) is -65.1. The molecule has 3 amide bonds. The first kappa shape index (κ1) is 74.4. The maximum absolute atomic E-state index is 12.9. The number of nitrogens with one attached hydrogen (secondary N) is 3. The zero-order chi connectivity index (χ0) is 66.7. The van der Waals surface area contributed by atoms with Crippen LogP contribution in [0, 0.1) is 0 Å². The second-order valence-electron chi connectivity index (χ2n) is 22.3. The van der Waals surface area contributed by atoms with Gasteiger partial charge in [-0.2, -0.15) is 8.42 Å². The smallest absolute Gasteiger partial charge is 0.394 e. The summed E-state index contributed by atoms with van der Waals surface area (Å²) in [5.41, 5.74) is 0. The maximum atomic E-state index is 12.9. The SMILES string of the molecule is CC(=O)N[C@@H]1[C@@H](O)[C@H](O[C@@H]2O[C@H](CO)[C@@H](O[C@@H]3O[C@H](CO[C@H]4O[C@H](CO)[C@@H](O)[C@H](O)[C@@H]4O)[C@@H](O)[C@H](O[C@H]4O[C@H](CO)[C@@H](O)[C@H](O)[C@@H]4O[C@@H]4O[C@H](COS(=O)(=O)O)[C@@H](O)[C@H](O[C@@H]5O[C@@H](C)[C@@H](O)[C@@H](O)[C@@H]5O)[C@H]4NC(C)=O)[C@@H]3O)[C@H](O)[C@H]2NC(C)=O)[C@@H](CO)O[C@H]1O. The van der Waals surface area contributed by atoms with Gasteiger partial charge in [0.1, 0.15) is 165 Å². The van der Waals surface area contributed by atoms with Crippen molar-refractivity contribution in [2.75, 3.05) is 39.6 Å². The summed E-state index contributed by atoms with van der Waals surface area (Å²) in [6.45, 7) is -2.35. The number of carbonyl (C=O) groups is 3. The molecule has 7 saturated heterocycles. The van der Waals surface area contributed by atoms with Gasteiger partial charge in [0.15, 0.2) is 44.0 Å². The summed E-state index contributed by atoms with van der Waals surface area (Å²) in [6, 6.07) is -5.41. The zero-order valence-electron chi connectivity index (χ0n) is 48.1. The van der Waals surface area contributed by atoms with E-state index in [2.05, 4.69) is 20.1 Å². The molecular weight excluding hydrogens is 1260 g/mol. The molecule has 22 N–H and O–H groups in total. The van der Waals surface area contributed by atoms with Crippen molar-refractivity contribution in [3.8, 4) is 0 Å². The van der Waals surface area contributed by atoms with Crippen LogP contribution in [0.5, 0.6) is 0 Å². The summed E-state index contributed by atoms with van der Waals surface area (Å²) in [7, 11) is -5.36. The fourth-order valence-corrected chi connectivity index (χ4v) is 11.5. The Hall–Kier alpha value is -2.96. The molecule has 0 aromatic carbocycles. The lowest BCUT2D eigenvalue weighted by atomic mass is 9.93. The number of amides is 3. The van der Waals surface area contributed by atoms with Crippen molar-refractivity contribution in [1.82, 2.24) is 16.0 Å². The van der Waals surface area contributed by atoms with E-state index in [4.69, 9.17) is 61.6 Å². The summed E-state index contributed by atoms with van der Waals surface area (Å²) in [5, 5.41) is 205. The van der Waals surface area contributed by atoms with Crippen LogP contribution in [0.25, 0.3) is 0 Å². The highest BCUT2D eigenvalue weighted by Gasteiger charge is 2.59. The van der Waals surface area contributed by atoms with Crippen LogP contribution in [0.4, 0.5) is 0 Å². The molecule has 0 aromatic rings. The molecule has 35 atom stereocenters. The van der Waals surface area contributed by atoms with Crippen LogP contribution < -0.4 is 16.0 Å². The fraction of sp³-hybridized carbons (Fsp3) is 0.938. The molecule has 7 heterocycles. The van der Waals surface area contributed by atoms with Gasteiger partial charge in [-0.3, -0.25) is 18.9 Å². The topological polar surface area (TPSA) is 635 Å². The number of hydrogen-bond donors (Lipinski definition) is 22. The van der Waals surface area contributed by atoms with Crippen LogP contribution >= 0.6 is 0 Å². The molecule has 0 unspecified atom stereocenters. The Balaban J connectivity index is 1.24. The predicted octanol–water partition coefficient (Wildman–Crippen LogP) is -15.0. The van der Waals surface area contributed by atoms with Crippen molar-refractivity contribution >= 4 is 28.1 Å². The van der Waals surface area contributed by atoms with Crippen molar-refractivity contribution in [3.05, 3.63) is 0 Å². The molecule has 41 nitrogen and oxygen atoms in total. The molecule has 0 bridgehead atoms. The third-order valence-electron chi connectivity index (χ3n) is 15.9. The third kappa shape index (κ3) is 17.0. The molecule has 7 aliphatic heterocycles. The Morgan fingerprint density at radius 1 is 0.367 bits per heavy atom. The Morgan fingerprint density at radius 3 is 1.34 bits per heavy atom. The van der Waals surface area contributed by atoms with Crippen LogP contribution in [0.15, 0.2) is 0 Å². The van der Waals surface area contributed by atoms with Crippen LogP contribution in [0.1, 0.15) is 27.7 Å². The highest BCUT2D eigenvalue weighted by molar-refractivity contribution is 7.80. The van der Waals surface area contributed by atoms with E-state index in [9.17, 15) is 119 Å². The molecule has 7 fully saturated rings. The average Bonchev–Trinajstić information content (AvgIpc) is 0.870. The van der Waals surface area contributed by atoms with Gasteiger partial charge >= 0.3 is 10.4 Å². The summed E-state index contributed by atoms with van der Waals surface area (Å²) >= 11 is 0. The monoisotopic (exact) mass is 1340 g/mol. The van der Waals surface area contributed by atoms with Gasteiger partial charge in [0.2, 0.25) is 17.7 Å². The van der Waals surface area contributed by atoms with E-state index in [1.54, 1.807) is 0 Å². The van der Waals surface area contributed by atoms with Gasteiger partial charge in [0.25, 0.3) is 0 Å². The van der Waals surface area contributed by atoms with E-state index in [0.717, 1.165) is 20.8 Å². The van der Waals surface area contributed by atoms with Crippen molar-refractivity contribution in [3.63, 3.8) is 0 Å².